The van der Waals surface area contributed by atoms with Gasteiger partial charge in [0, 0.05) is 0 Å². The fourth-order valence-corrected chi connectivity index (χ4v) is 3.14. The van der Waals surface area contributed by atoms with E-state index >= 15 is 0 Å². The van der Waals surface area contributed by atoms with Crippen molar-refractivity contribution in [2.45, 2.75) is 90.9 Å². The maximum Gasteiger partial charge on any atom is 0.308 e. The van der Waals surface area contributed by atoms with Crippen molar-refractivity contribution in [1.29, 1.82) is 0 Å². The van der Waals surface area contributed by atoms with Gasteiger partial charge in [-0.3, -0.25) is 9.59 Å². The minimum Gasteiger partial charge on any atom is -0.465 e. The van der Waals surface area contributed by atoms with Gasteiger partial charge < -0.3 is 20.9 Å². The van der Waals surface area contributed by atoms with E-state index in [1.54, 1.807) is 0 Å². The number of hydrogen-bond acceptors (Lipinski definition) is 6. The maximum absolute atomic E-state index is 12.3. The first kappa shape index (κ1) is 26.9. The van der Waals surface area contributed by atoms with E-state index in [4.69, 9.17) is 20.9 Å². The standard InChI is InChI=1S/C22H44N2O4/c1-3-5-17-27-21(25)19(13-9-15-23)11-7-8-12-20(14-10-16-24)22(26)28-18-6-4-2/h19-20H,3-18,23-24H2,1-2H3. The molecule has 166 valence electrons. The molecule has 0 aromatic rings. The predicted molar refractivity (Wildman–Crippen MR) is 114 cm³/mol. The molecule has 6 heteroatoms. The van der Waals surface area contributed by atoms with Crippen LogP contribution in [0.5, 0.6) is 0 Å². The molecule has 0 saturated carbocycles. The van der Waals surface area contributed by atoms with Crippen molar-refractivity contribution in [3.05, 3.63) is 0 Å². The third-order valence-corrected chi connectivity index (χ3v) is 5.02. The first-order chi connectivity index (χ1) is 13.6. The summed E-state index contributed by atoms with van der Waals surface area (Å²) in [4.78, 5) is 24.6. The number of nitrogens with two attached hydrogens (primary N) is 2. The number of hydrogen-bond donors (Lipinski definition) is 2. The van der Waals surface area contributed by atoms with Crippen molar-refractivity contribution in [2.24, 2.45) is 23.3 Å². The van der Waals surface area contributed by atoms with E-state index in [1.165, 1.54) is 0 Å². The lowest BCUT2D eigenvalue weighted by Gasteiger charge is -2.18. The van der Waals surface area contributed by atoms with Crippen LogP contribution in [0.25, 0.3) is 0 Å². The summed E-state index contributed by atoms with van der Waals surface area (Å²) in [7, 11) is 0. The van der Waals surface area contributed by atoms with Gasteiger partial charge in [-0.2, -0.15) is 0 Å². The third kappa shape index (κ3) is 13.9. The monoisotopic (exact) mass is 400 g/mol. The number of esters is 2. The summed E-state index contributed by atoms with van der Waals surface area (Å²) in [5.41, 5.74) is 11.2. The van der Waals surface area contributed by atoms with Crippen LogP contribution in [0.1, 0.15) is 90.9 Å². The molecule has 0 aliphatic carbocycles. The van der Waals surface area contributed by atoms with Gasteiger partial charge in [0.2, 0.25) is 0 Å². The van der Waals surface area contributed by atoms with Gasteiger partial charge in [0.1, 0.15) is 0 Å². The number of carbonyl (C=O) groups is 2. The lowest BCUT2D eigenvalue weighted by atomic mass is 9.92. The normalized spacial score (nSPS) is 13.1. The average Bonchev–Trinajstić information content (AvgIpc) is 2.69. The lowest BCUT2D eigenvalue weighted by Crippen LogP contribution is -2.21. The summed E-state index contributed by atoms with van der Waals surface area (Å²) >= 11 is 0. The number of rotatable bonds is 19. The van der Waals surface area contributed by atoms with Crippen LogP contribution in [0.4, 0.5) is 0 Å². The smallest absolute Gasteiger partial charge is 0.308 e. The van der Waals surface area contributed by atoms with E-state index in [0.29, 0.717) is 26.3 Å². The lowest BCUT2D eigenvalue weighted by molar-refractivity contribution is -0.150. The van der Waals surface area contributed by atoms with Crippen molar-refractivity contribution in [3.8, 4) is 0 Å². The Morgan fingerprint density at radius 2 is 1.00 bits per heavy atom. The van der Waals surface area contributed by atoms with Crippen LogP contribution in [0.3, 0.4) is 0 Å². The summed E-state index contributed by atoms with van der Waals surface area (Å²) in [6.45, 7) is 6.33. The van der Waals surface area contributed by atoms with Gasteiger partial charge in [-0.05, 0) is 64.5 Å². The topological polar surface area (TPSA) is 105 Å². The SMILES string of the molecule is CCCCOC(=O)C(CCCN)CCCCC(CCCN)C(=O)OCCCC. The zero-order valence-corrected chi connectivity index (χ0v) is 18.3. The molecule has 28 heavy (non-hydrogen) atoms. The highest BCUT2D eigenvalue weighted by atomic mass is 16.5. The molecular weight excluding hydrogens is 356 g/mol. The van der Waals surface area contributed by atoms with Gasteiger partial charge in [-0.1, -0.05) is 39.5 Å². The summed E-state index contributed by atoms with van der Waals surface area (Å²) in [6.07, 6.45) is 10.4. The van der Waals surface area contributed by atoms with Gasteiger partial charge >= 0.3 is 11.9 Å². The number of carbonyl (C=O) groups excluding carboxylic acids is 2. The zero-order valence-electron chi connectivity index (χ0n) is 18.3. The fraction of sp³-hybridized carbons (Fsp3) is 0.909. The van der Waals surface area contributed by atoms with E-state index in [1.807, 2.05) is 0 Å². The highest BCUT2D eigenvalue weighted by molar-refractivity contribution is 5.72. The predicted octanol–water partition coefficient (Wildman–Crippen LogP) is 3.94. The second-order valence-corrected chi connectivity index (χ2v) is 7.58. The number of ether oxygens (including phenoxy) is 2. The molecule has 2 atom stereocenters. The largest absolute Gasteiger partial charge is 0.465 e. The molecule has 0 aliphatic rings. The highest BCUT2D eigenvalue weighted by Crippen LogP contribution is 2.22. The Kier molecular flexibility index (Phi) is 18.4. The van der Waals surface area contributed by atoms with Crippen LogP contribution in [-0.2, 0) is 19.1 Å². The Hall–Kier alpha value is -1.14. The van der Waals surface area contributed by atoms with E-state index in [-0.39, 0.29) is 23.8 Å². The average molecular weight is 401 g/mol. The van der Waals surface area contributed by atoms with Gasteiger partial charge in [0.25, 0.3) is 0 Å². The van der Waals surface area contributed by atoms with Crippen molar-refractivity contribution in [3.63, 3.8) is 0 Å². The van der Waals surface area contributed by atoms with Crippen LogP contribution in [0, 0.1) is 11.8 Å². The molecule has 0 amide bonds. The Labute approximate surface area is 172 Å². The van der Waals surface area contributed by atoms with Crippen LogP contribution < -0.4 is 11.5 Å². The minimum absolute atomic E-state index is 0.0839. The number of unbranched alkanes of at least 4 members (excludes halogenated alkanes) is 3. The molecule has 0 bridgehead atoms. The molecule has 0 rings (SSSR count). The molecular formula is C22H44N2O4. The summed E-state index contributed by atoms with van der Waals surface area (Å²) < 4.78 is 10.8. The molecule has 0 aliphatic heterocycles. The summed E-state index contributed by atoms with van der Waals surface area (Å²) in [6, 6.07) is 0. The molecule has 0 heterocycles. The Morgan fingerprint density at radius 1 is 0.643 bits per heavy atom. The van der Waals surface area contributed by atoms with Crippen molar-refractivity contribution >= 4 is 11.9 Å². The first-order valence-corrected chi connectivity index (χ1v) is 11.3. The second kappa shape index (κ2) is 19.2. The maximum atomic E-state index is 12.3. The Bertz CT molecular complexity index is 355. The molecule has 0 fully saturated rings. The van der Waals surface area contributed by atoms with Crippen LogP contribution in [0.15, 0.2) is 0 Å². The Balaban J connectivity index is 4.38. The van der Waals surface area contributed by atoms with Crippen LogP contribution in [0.2, 0.25) is 0 Å². The van der Waals surface area contributed by atoms with Gasteiger partial charge in [0.05, 0.1) is 25.0 Å². The first-order valence-electron chi connectivity index (χ1n) is 11.3. The molecule has 0 radical (unpaired) electrons. The van der Waals surface area contributed by atoms with E-state index < -0.39 is 0 Å². The third-order valence-electron chi connectivity index (χ3n) is 5.02. The zero-order chi connectivity index (χ0) is 21.0. The van der Waals surface area contributed by atoms with Gasteiger partial charge in [-0.25, -0.2) is 0 Å². The van der Waals surface area contributed by atoms with Crippen LogP contribution in [-0.4, -0.2) is 38.2 Å². The highest BCUT2D eigenvalue weighted by Gasteiger charge is 2.22. The van der Waals surface area contributed by atoms with Crippen LogP contribution >= 0.6 is 0 Å². The fourth-order valence-electron chi connectivity index (χ4n) is 3.14. The second-order valence-electron chi connectivity index (χ2n) is 7.58. The summed E-state index contributed by atoms with van der Waals surface area (Å²) in [5, 5.41) is 0. The van der Waals surface area contributed by atoms with Gasteiger partial charge in [-0.15, -0.1) is 0 Å². The van der Waals surface area contributed by atoms with E-state index in [2.05, 4.69) is 13.8 Å². The Morgan fingerprint density at radius 3 is 1.32 bits per heavy atom. The molecule has 0 saturated heterocycles. The minimum atomic E-state index is -0.0967. The van der Waals surface area contributed by atoms with E-state index in [9.17, 15) is 9.59 Å². The molecule has 0 aromatic heterocycles. The van der Waals surface area contributed by atoms with Gasteiger partial charge in [0.15, 0.2) is 0 Å². The van der Waals surface area contributed by atoms with Crippen molar-refractivity contribution in [1.82, 2.24) is 0 Å². The molecule has 4 N–H and O–H groups in total. The quantitative estimate of drug-likeness (QED) is 0.251. The van der Waals surface area contributed by atoms with Crippen molar-refractivity contribution in [2.75, 3.05) is 26.3 Å². The molecule has 6 nitrogen and oxygen atoms in total. The molecule has 0 aromatic carbocycles. The van der Waals surface area contributed by atoms with E-state index in [0.717, 1.165) is 77.0 Å². The van der Waals surface area contributed by atoms with Crippen molar-refractivity contribution < 1.29 is 19.1 Å². The molecule has 0 spiro atoms. The molecule has 2 unspecified atom stereocenters. The summed E-state index contributed by atoms with van der Waals surface area (Å²) in [5.74, 6) is -0.361.